The maximum atomic E-state index is 12.0. The fraction of sp³-hybridized carbons (Fsp3) is 0. The Hall–Kier alpha value is -1.33. The van der Waals surface area contributed by atoms with Gasteiger partial charge in [0.05, 0.1) is 10.6 Å². The van der Waals surface area contributed by atoms with Gasteiger partial charge in [0.2, 0.25) is 0 Å². The van der Waals surface area contributed by atoms with Crippen molar-refractivity contribution >= 4 is 31.6 Å². The lowest BCUT2D eigenvalue weighted by molar-refractivity contribution is 0.601. The molecule has 0 bridgehead atoms. The minimum atomic E-state index is -3.44. The van der Waals surface area contributed by atoms with Gasteiger partial charge in [-0.05, 0) is 24.3 Å². The summed E-state index contributed by atoms with van der Waals surface area (Å²) in [6.45, 7) is 0. The van der Waals surface area contributed by atoms with Crippen molar-refractivity contribution in [2.45, 2.75) is 4.90 Å². The predicted molar refractivity (Wildman–Crippen MR) is 70.4 cm³/mol. The van der Waals surface area contributed by atoms with Gasteiger partial charge in [0, 0.05) is 15.6 Å². The summed E-state index contributed by atoms with van der Waals surface area (Å²) in [5.74, 6) is 0. The highest BCUT2D eigenvalue weighted by atomic mass is 79.9. The molecule has 1 aliphatic heterocycles. The van der Waals surface area contributed by atoms with Crippen LogP contribution in [-0.4, -0.2) is 8.42 Å². The fourth-order valence-corrected chi connectivity index (χ4v) is 3.60. The van der Waals surface area contributed by atoms with E-state index in [2.05, 4.69) is 20.7 Å². The Morgan fingerprint density at radius 2 is 1.76 bits per heavy atom. The van der Waals surface area contributed by atoms with Crippen molar-refractivity contribution in [2.75, 3.05) is 4.72 Å². The first-order valence-corrected chi connectivity index (χ1v) is 7.27. The van der Waals surface area contributed by atoms with Crippen molar-refractivity contribution in [3.8, 4) is 11.1 Å². The average molecular weight is 310 g/mol. The maximum Gasteiger partial charge on any atom is 0.262 e. The van der Waals surface area contributed by atoms with E-state index < -0.39 is 10.0 Å². The Bertz CT molecular complexity index is 710. The van der Waals surface area contributed by atoms with E-state index in [0.29, 0.717) is 10.6 Å². The zero-order valence-electron chi connectivity index (χ0n) is 8.64. The molecule has 5 heteroatoms. The number of fused-ring (bicyclic) bond motifs is 3. The van der Waals surface area contributed by atoms with Gasteiger partial charge in [0.25, 0.3) is 10.0 Å². The number of sulfonamides is 1. The van der Waals surface area contributed by atoms with Gasteiger partial charge in [-0.25, -0.2) is 8.42 Å². The van der Waals surface area contributed by atoms with Gasteiger partial charge in [-0.3, -0.25) is 4.72 Å². The maximum absolute atomic E-state index is 12.0. The Morgan fingerprint density at radius 3 is 2.59 bits per heavy atom. The van der Waals surface area contributed by atoms with Gasteiger partial charge in [-0.15, -0.1) is 0 Å². The molecule has 2 aromatic carbocycles. The molecule has 2 aromatic rings. The molecule has 0 fully saturated rings. The second-order valence-corrected chi connectivity index (χ2v) is 6.36. The molecule has 0 atom stereocenters. The van der Waals surface area contributed by atoms with Crippen molar-refractivity contribution in [1.82, 2.24) is 0 Å². The number of halogens is 1. The van der Waals surface area contributed by atoms with Crippen LogP contribution in [0.4, 0.5) is 5.69 Å². The normalized spacial score (nSPS) is 15.6. The smallest absolute Gasteiger partial charge is 0.262 e. The summed E-state index contributed by atoms with van der Waals surface area (Å²) in [4.78, 5) is 0.319. The summed E-state index contributed by atoms with van der Waals surface area (Å²) >= 11 is 3.36. The second-order valence-electron chi connectivity index (χ2n) is 3.79. The minimum Gasteiger partial charge on any atom is -0.279 e. The molecule has 0 unspecified atom stereocenters. The van der Waals surface area contributed by atoms with Crippen LogP contribution in [0.1, 0.15) is 0 Å². The fourth-order valence-electron chi connectivity index (χ4n) is 1.95. The Balaban J connectivity index is 2.42. The quantitative estimate of drug-likeness (QED) is 0.812. The molecule has 0 amide bonds. The Labute approximate surface area is 108 Å². The molecule has 0 radical (unpaired) electrons. The van der Waals surface area contributed by atoms with E-state index >= 15 is 0 Å². The summed E-state index contributed by atoms with van der Waals surface area (Å²) in [6, 6.07) is 12.5. The van der Waals surface area contributed by atoms with E-state index in [1.54, 1.807) is 18.2 Å². The molecule has 1 N–H and O–H groups in total. The number of rotatable bonds is 0. The number of para-hydroxylation sites is 1. The molecule has 0 aromatic heterocycles. The van der Waals surface area contributed by atoms with E-state index in [4.69, 9.17) is 0 Å². The van der Waals surface area contributed by atoms with Crippen molar-refractivity contribution in [3.63, 3.8) is 0 Å². The highest BCUT2D eigenvalue weighted by Gasteiger charge is 2.26. The summed E-state index contributed by atoms with van der Waals surface area (Å²) in [6.07, 6.45) is 0. The summed E-state index contributed by atoms with van der Waals surface area (Å²) in [7, 11) is -3.44. The highest BCUT2D eigenvalue weighted by molar-refractivity contribution is 9.10. The molecule has 86 valence electrons. The molecular formula is C12H8BrNO2S. The molecule has 0 saturated carbocycles. The second kappa shape index (κ2) is 3.58. The van der Waals surface area contributed by atoms with Crippen LogP contribution in [0.15, 0.2) is 51.8 Å². The minimum absolute atomic E-state index is 0.319. The third-order valence-corrected chi connectivity index (χ3v) is 4.61. The van der Waals surface area contributed by atoms with Crippen LogP contribution in [0.25, 0.3) is 11.1 Å². The zero-order valence-corrected chi connectivity index (χ0v) is 11.0. The number of benzene rings is 2. The lowest BCUT2D eigenvalue weighted by Gasteiger charge is -2.21. The van der Waals surface area contributed by atoms with Crippen LogP contribution in [0.3, 0.4) is 0 Å². The van der Waals surface area contributed by atoms with E-state index in [1.807, 2.05) is 24.3 Å². The molecule has 0 saturated heterocycles. The molecule has 3 rings (SSSR count). The van der Waals surface area contributed by atoms with Crippen LogP contribution >= 0.6 is 15.9 Å². The standard InChI is InChI=1S/C12H8BrNO2S/c13-8-5-6-12-10(7-8)9-3-1-2-4-11(9)14-17(12,15)16/h1-7,14H. The van der Waals surface area contributed by atoms with E-state index in [-0.39, 0.29) is 0 Å². The summed E-state index contributed by atoms with van der Waals surface area (Å²) in [5.41, 5.74) is 2.26. The molecule has 1 heterocycles. The number of anilines is 1. The largest absolute Gasteiger partial charge is 0.279 e. The van der Waals surface area contributed by atoms with Gasteiger partial charge in [0.15, 0.2) is 0 Å². The van der Waals surface area contributed by atoms with E-state index in [0.717, 1.165) is 15.6 Å². The summed E-state index contributed by atoms with van der Waals surface area (Å²) < 4.78 is 27.5. The SMILES string of the molecule is O=S1(=O)Nc2ccccc2-c2cc(Br)ccc21. The van der Waals surface area contributed by atoms with Crippen LogP contribution in [0.2, 0.25) is 0 Å². The van der Waals surface area contributed by atoms with Gasteiger partial charge in [-0.2, -0.15) is 0 Å². The van der Waals surface area contributed by atoms with Gasteiger partial charge >= 0.3 is 0 Å². The lowest BCUT2D eigenvalue weighted by atomic mass is 10.0. The number of nitrogens with one attached hydrogen (secondary N) is 1. The van der Waals surface area contributed by atoms with Crippen molar-refractivity contribution in [2.24, 2.45) is 0 Å². The molecule has 3 nitrogen and oxygen atoms in total. The van der Waals surface area contributed by atoms with Crippen LogP contribution < -0.4 is 4.72 Å². The third-order valence-electron chi connectivity index (χ3n) is 2.69. The first kappa shape index (κ1) is 10.8. The number of hydrogen-bond donors (Lipinski definition) is 1. The topological polar surface area (TPSA) is 46.2 Å². The lowest BCUT2D eigenvalue weighted by Crippen LogP contribution is -2.18. The van der Waals surface area contributed by atoms with E-state index in [9.17, 15) is 8.42 Å². The molecule has 17 heavy (non-hydrogen) atoms. The Kier molecular flexibility index (Phi) is 2.27. The predicted octanol–water partition coefficient (Wildman–Crippen LogP) is 3.23. The average Bonchev–Trinajstić information content (AvgIpc) is 2.28. The zero-order chi connectivity index (χ0) is 12.0. The third kappa shape index (κ3) is 1.66. The number of hydrogen-bond acceptors (Lipinski definition) is 2. The van der Waals surface area contributed by atoms with Crippen molar-refractivity contribution < 1.29 is 8.42 Å². The molecular weight excluding hydrogens is 302 g/mol. The van der Waals surface area contributed by atoms with Crippen LogP contribution in [-0.2, 0) is 10.0 Å². The van der Waals surface area contributed by atoms with Crippen molar-refractivity contribution in [1.29, 1.82) is 0 Å². The van der Waals surface area contributed by atoms with Gasteiger partial charge in [0.1, 0.15) is 0 Å². The molecule has 1 aliphatic rings. The first-order valence-electron chi connectivity index (χ1n) is 5.00. The van der Waals surface area contributed by atoms with Gasteiger partial charge in [-0.1, -0.05) is 34.1 Å². The van der Waals surface area contributed by atoms with Crippen LogP contribution in [0, 0.1) is 0 Å². The van der Waals surface area contributed by atoms with E-state index in [1.165, 1.54) is 0 Å². The highest BCUT2D eigenvalue weighted by Crippen LogP contribution is 2.39. The van der Waals surface area contributed by atoms with Crippen molar-refractivity contribution in [3.05, 3.63) is 46.9 Å². The Morgan fingerprint density at radius 1 is 1.00 bits per heavy atom. The summed E-state index contributed by atoms with van der Waals surface area (Å²) in [5, 5.41) is 0. The first-order chi connectivity index (χ1) is 8.08. The molecule has 0 aliphatic carbocycles. The van der Waals surface area contributed by atoms with Crippen LogP contribution in [0.5, 0.6) is 0 Å². The van der Waals surface area contributed by atoms with Gasteiger partial charge < -0.3 is 0 Å². The monoisotopic (exact) mass is 309 g/mol. The molecule has 0 spiro atoms.